The molecule has 0 aliphatic carbocycles. The van der Waals surface area contributed by atoms with Crippen LogP contribution in [-0.4, -0.2) is 37.8 Å². The van der Waals surface area contributed by atoms with Crippen LogP contribution in [0.3, 0.4) is 0 Å². The van der Waals surface area contributed by atoms with Crippen molar-refractivity contribution in [2.24, 2.45) is 0 Å². The van der Waals surface area contributed by atoms with Crippen LogP contribution in [0.25, 0.3) is 0 Å². The highest BCUT2D eigenvalue weighted by atomic mass is 32.2. The molecule has 0 bridgehead atoms. The number of anilines is 1. The van der Waals surface area contributed by atoms with Crippen LogP contribution in [0.5, 0.6) is 0 Å². The zero-order valence-corrected chi connectivity index (χ0v) is 14.6. The van der Waals surface area contributed by atoms with E-state index in [1.807, 2.05) is 6.92 Å². The maximum absolute atomic E-state index is 13.0. The van der Waals surface area contributed by atoms with Gasteiger partial charge in [0.25, 0.3) is 0 Å². The first-order valence-corrected chi connectivity index (χ1v) is 9.82. The van der Waals surface area contributed by atoms with Crippen LogP contribution < -0.4 is 4.90 Å². The largest absolute Gasteiger partial charge is 0.312 e. The third-order valence-corrected chi connectivity index (χ3v) is 6.90. The van der Waals surface area contributed by atoms with Gasteiger partial charge in [-0.05, 0) is 55.9 Å². The van der Waals surface area contributed by atoms with Gasteiger partial charge in [0.05, 0.1) is 4.90 Å². The molecule has 2 aliphatic rings. The van der Waals surface area contributed by atoms with E-state index in [-0.39, 0.29) is 11.9 Å². The fourth-order valence-electron chi connectivity index (χ4n) is 3.73. The highest BCUT2D eigenvalue weighted by Gasteiger charge is 2.34. The lowest BCUT2D eigenvalue weighted by atomic mass is 10.0. The molecule has 23 heavy (non-hydrogen) atoms. The maximum atomic E-state index is 13.0. The summed E-state index contributed by atoms with van der Waals surface area (Å²) in [6.45, 7) is 4.90. The summed E-state index contributed by atoms with van der Waals surface area (Å²) in [5.74, 6) is 0.00662. The second kappa shape index (κ2) is 6.24. The number of hydrogen-bond acceptors (Lipinski definition) is 3. The molecule has 1 amide bonds. The van der Waals surface area contributed by atoms with Crippen molar-refractivity contribution in [3.05, 3.63) is 23.8 Å². The Morgan fingerprint density at radius 2 is 2.04 bits per heavy atom. The van der Waals surface area contributed by atoms with Crippen molar-refractivity contribution >= 4 is 21.6 Å². The average Bonchev–Trinajstić information content (AvgIpc) is 3.03. The van der Waals surface area contributed by atoms with Gasteiger partial charge in [-0.2, -0.15) is 4.31 Å². The quantitative estimate of drug-likeness (QED) is 0.852. The summed E-state index contributed by atoms with van der Waals surface area (Å²) in [6, 6.07) is 5.33. The van der Waals surface area contributed by atoms with E-state index in [9.17, 15) is 13.2 Å². The van der Waals surface area contributed by atoms with Crippen molar-refractivity contribution in [2.75, 3.05) is 18.0 Å². The second-order valence-electron chi connectivity index (χ2n) is 6.38. The van der Waals surface area contributed by atoms with Crippen molar-refractivity contribution in [2.45, 2.75) is 56.9 Å². The molecular weight excluding hydrogens is 312 g/mol. The fourth-order valence-corrected chi connectivity index (χ4v) is 5.55. The van der Waals surface area contributed by atoms with Crippen molar-refractivity contribution in [3.63, 3.8) is 0 Å². The average molecular weight is 336 g/mol. The van der Waals surface area contributed by atoms with Crippen molar-refractivity contribution in [1.29, 1.82) is 0 Å². The van der Waals surface area contributed by atoms with Crippen LogP contribution in [0.4, 0.5) is 5.69 Å². The Labute approximate surface area is 138 Å². The van der Waals surface area contributed by atoms with Gasteiger partial charge in [-0.25, -0.2) is 8.42 Å². The number of carbonyl (C=O) groups is 1. The number of fused-ring (bicyclic) bond motifs is 1. The topological polar surface area (TPSA) is 57.7 Å². The van der Waals surface area contributed by atoms with Crippen LogP contribution in [0.15, 0.2) is 23.1 Å². The van der Waals surface area contributed by atoms with Gasteiger partial charge in [0.1, 0.15) is 0 Å². The summed E-state index contributed by atoms with van der Waals surface area (Å²) in [7, 11) is -3.44. The highest BCUT2D eigenvalue weighted by Crippen LogP contribution is 2.33. The Balaban J connectivity index is 1.97. The minimum Gasteiger partial charge on any atom is -0.312 e. The normalized spacial score (nSPS) is 22.2. The Bertz CT molecular complexity index is 715. The first kappa shape index (κ1) is 16.5. The lowest BCUT2D eigenvalue weighted by Gasteiger charge is -2.29. The molecule has 1 aromatic rings. The fraction of sp³-hybridized carbons (Fsp3) is 0.588. The predicted molar refractivity (Wildman–Crippen MR) is 90.0 cm³/mol. The van der Waals surface area contributed by atoms with Crippen LogP contribution >= 0.6 is 0 Å². The molecule has 2 heterocycles. The summed E-state index contributed by atoms with van der Waals surface area (Å²) in [6.07, 6.45) is 4.42. The van der Waals surface area contributed by atoms with Gasteiger partial charge in [0.2, 0.25) is 15.9 Å². The molecule has 3 rings (SSSR count). The number of hydrogen-bond donors (Lipinski definition) is 0. The summed E-state index contributed by atoms with van der Waals surface area (Å²) in [5, 5.41) is 0. The van der Waals surface area contributed by atoms with E-state index in [0.29, 0.717) is 18.0 Å². The van der Waals surface area contributed by atoms with Gasteiger partial charge >= 0.3 is 0 Å². The lowest BCUT2D eigenvalue weighted by molar-refractivity contribution is -0.116. The van der Waals surface area contributed by atoms with Crippen molar-refractivity contribution in [3.8, 4) is 0 Å². The zero-order valence-electron chi connectivity index (χ0n) is 13.8. The molecule has 6 heteroatoms. The van der Waals surface area contributed by atoms with E-state index < -0.39 is 10.0 Å². The molecule has 0 aromatic heterocycles. The summed E-state index contributed by atoms with van der Waals surface area (Å²) >= 11 is 0. The molecular formula is C17H24N2O3S. The molecule has 2 aliphatic heterocycles. The molecule has 1 aromatic carbocycles. The van der Waals surface area contributed by atoms with Crippen LogP contribution in [-0.2, 0) is 21.2 Å². The molecule has 1 fully saturated rings. The lowest BCUT2D eigenvalue weighted by Crippen LogP contribution is -2.36. The zero-order chi connectivity index (χ0) is 16.6. The minimum absolute atomic E-state index is 0.00662. The number of carbonyl (C=O) groups excluding carboxylic acids is 1. The summed E-state index contributed by atoms with van der Waals surface area (Å²) in [5.41, 5.74) is 1.82. The molecule has 0 saturated carbocycles. The van der Waals surface area contributed by atoms with Crippen LogP contribution in [0.1, 0.15) is 45.1 Å². The van der Waals surface area contributed by atoms with Gasteiger partial charge < -0.3 is 4.90 Å². The van der Waals surface area contributed by atoms with Gasteiger partial charge in [-0.3, -0.25) is 4.79 Å². The SMILES string of the molecule is CCC1CCCN1S(=O)(=O)c1ccc2c(c1)CCCN2C(C)=O. The summed E-state index contributed by atoms with van der Waals surface area (Å²) in [4.78, 5) is 13.8. The number of amides is 1. The van der Waals surface area contributed by atoms with Gasteiger partial charge in [0, 0.05) is 31.7 Å². The highest BCUT2D eigenvalue weighted by molar-refractivity contribution is 7.89. The smallest absolute Gasteiger partial charge is 0.243 e. The predicted octanol–water partition coefficient (Wildman–Crippen LogP) is 2.55. The van der Waals surface area contributed by atoms with Gasteiger partial charge in [0.15, 0.2) is 0 Å². The first-order valence-electron chi connectivity index (χ1n) is 8.38. The third-order valence-electron chi connectivity index (χ3n) is 4.95. The third kappa shape index (κ3) is 2.90. The van der Waals surface area contributed by atoms with E-state index in [1.54, 1.807) is 34.3 Å². The number of benzene rings is 1. The van der Waals surface area contributed by atoms with E-state index in [2.05, 4.69) is 0 Å². The van der Waals surface area contributed by atoms with E-state index >= 15 is 0 Å². The molecule has 1 saturated heterocycles. The molecule has 1 unspecified atom stereocenters. The molecule has 0 radical (unpaired) electrons. The Kier molecular flexibility index (Phi) is 4.47. The second-order valence-corrected chi connectivity index (χ2v) is 8.28. The Morgan fingerprint density at radius 1 is 1.26 bits per heavy atom. The molecule has 5 nitrogen and oxygen atoms in total. The monoisotopic (exact) mass is 336 g/mol. The molecule has 126 valence electrons. The Hall–Kier alpha value is -1.40. The molecule has 0 N–H and O–H groups in total. The van der Waals surface area contributed by atoms with Crippen molar-refractivity contribution < 1.29 is 13.2 Å². The standard InChI is InChI=1S/C17H24N2O3S/c1-3-15-7-5-11-19(15)23(21,22)16-8-9-17-14(12-16)6-4-10-18(17)13(2)20/h8-9,12,15H,3-7,10-11H2,1-2H3. The molecule has 0 spiro atoms. The number of aryl methyl sites for hydroxylation is 1. The van der Waals surface area contributed by atoms with E-state index in [1.165, 1.54) is 0 Å². The first-order chi connectivity index (χ1) is 10.9. The summed E-state index contributed by atoms with van der Waals surface area (Å²) < 4.78 is 27.6. The number of sulfonamides is 1. The van der Waals surface area contributed by atoms with Crippen LogP contribution in [0.2, 0.25) is 0 Å². The van der Waals surface area contributed by atoms with Gasteiger partial charge in [-0.1, -0.05) is 6.92 Å². The van der Waals surface area contributed by atoms with E-state index in [0.717, 1.165) is 43.4 Å². The maximum Gasteiger partial charge on any atom is 0.243 e. The number of rotatable bonds is 3. The van der Waals surface area contributed by atoms with Crippen LogP contribution in [0, 0.1) is 0 Å². The van der Waals surface area contributed by atoms with Gasteiger partial charge in [-0.15, -0.1) is 0 Å². The van der Waals surface area contributed by atoms with Crippen molar-refractivity contribution in [1.82, 2.24) is 4.31 Å². The molecule has 1 atom stereocenters. The number of nitrogens with zero attached hydrogens (tertiary/aromatic N) is 2. The van der Waals surface area contributed by atoms with E-state index in [4.69, 9.17) is 0 Å². The minimum atomic E-state index is -3.44. The Morgan fingerprint density at radius 3 is 2.74 bits per heavy atom.